The summed E-state index contributed by atoms with van der Waals surface area (Å²) in [5.74, 6) is 0.249. The molecule has 0 bridgehead atoms. The first-order valence-corrected chi connectivity index (χ1v) is 8.32. The van der Waals surface area contributed by atoms with Gasteiger partial charge in [-0.15, -0.1) is 31.4 Å². The average molecular weight is 374 g/mol. The van der Waals surface area contributed by atoms with Gasteiger partial charge in [0.1, 0.15) is 0 Å². The summed E-state index contributed by atoms with van der Waals surface area (Å²) < 4.78 is 0. The van der Waals surface area contributed by atoms with Crippen LogP contribution >= 0.6 is 24.8 Å². The van der Waals surface area contributed by atoms with E-state index in [1.165, 1.54) is 0 Å². The lowest BCUT2D eigenvalue weighted by molar-refractivity contribution is -0.134. The zero-order valence-corrected chi connectivity index (χ0v) is 15.8. The number of aromatic nitrogens is 1. The Bertz CT molecular complexity index is 463. The number of carbonyl (C=O) groups is 1. The van der Waals surface area contributed by atoms with Gasteiger partial charge in [0.2, 0.25) is 5.91 Å². The first-order chi connectivity index (χ1) is 10.8. The molecule has 0 radical (unpaired) electrons. The van der Waals surface area contributed by atoms with E-state index in [-0.39, 0.29) is 30.7 Å². The normalized spacial score (nSPS) is 16.9. The number of rotatable bonds is 7. The van der Waals surface area contributed by atoms with Crippen LogP contribution < -0.4 is 5.32 Å². The zero-order chi connectivity index (χ0) is 15.6. The van der Waals surface area contributed by atoms with Crippen LogP contribution in [0.5, 0.6) is 0 Å². The van der Waals surface area contributed by atoms with Crippen molar-refractivity contribution in [1.29, 1.82) is 0 Å². The lowest BCUT2D eigenvalue weighted by Crippen LogP contribution is -2.40. The summed E-state index contributed by atoms with van der Waals surface area (Å²) in [5, 5.41) is 3.42. The van der Waals surface area contributed by atoms with E-state index in [0.29, 0.717) is 19.0 Å². The molecule has 1 unspecified atom stereocenters. The molecular formula is C18H29Cl2N3O. The second-order valence-corrected chi connectivity index (χ2v) is 5.86. The quantitative estimate of drug-likeness (QED) is 0.584. The van der Waals surface area contributed by atoms with Crippen LogP contribution in [0, 0.1) is 0 Å². The Morgan fingerprint density at radius 2 is 2.17 bits per heavy atom. The molecule has 1 aliphatic heterocycles. The summed E-state index contributed by atoms with van der Waals surface area (Å²) in [6.45, 7) is 6.40. The number of carbonyl (C=O) groups excluding carboxylic acids is 1. The highest BCUT2D eigenvalue weighted by molar-refractivity contribution is 5.85. The maximum absolute atomic E-state index is 12.7. The van der Waals surface area contributed by atoms with Crippen LogP contribution in [0.25, 0.3) is 0 Å². The number of unbranched alkanes of at least 4 members (excludes halogenated alkanes) is 1. The average Bonchev–Trinajstić information content (AvgIpc) is 2.83. The monoisotopic (exact) mass is 373 g/mol. The van der Waals surface area contributed by atoms with Crippen molar-refractivity contribution in [3.63, 3.8) is 0 Å². The number of hydrogen-bond donors (Lipinski definition) is 1. The number of halogens is 2. The Labute approximate surface area is 157 Å². The highest BCUT2D eigenvalue weighted by atomic mass is 35.5. The molecule has 1 aromatic rings. The second-order valence-electron chi connectivity index (χ2n) is 5.86. The van der Waals surface area contributed by atoms with Gasteiger partial charge in [-0.2, -0.15) is 0 Å². The predicted molar refractivity (Wildman–Crippen MR) is 104 cm³/mol. The number of amides is 1. The molecule has 136 valence electrons. The maximum Gasteiger partial charge on any atom is 0.223 e. The van der Waals surface area contributed by atoms with Crippen LogP contribution in [-0.4, -0.2) is 34.9 Å². The van der Waals surface area contributed by atoms with E-state index in [9.17, 15) is 4.79 Å². The summed E-state index contributed by atoms with van der Waals surface area (Å²) in [5.41, 5.74) is 0.969. The predicted octanol–water partition coefficient (Wildman–Crippen LogP) is 3.75. The molecule has 24 heavy (non-hydrogen) atoms. The number of nitrogens with zero attached hydrogens (tertiary/aromatic N) is 2. The molecule has 4 nitrogen and oxygen atoms in total. The fraction of sp³-hybridized carbons (Fsp3) is 0.556. The summed E-state index contributed by atoms with van der Waals surface area (Å²) >= 11 is 0. The maximum atomic E-state index is 12.7. The van der Waals surface area contributed by atoms with E-state index in [0.717, 1.165) is 50.9 Å². The van der Waals surface area contributed by atoms with Gasteiger partial charge in [-0.25, -0.2) is 0 Å². The molecule has 2 heterocycles. The summed E-state index contributed by atoms with van der Waals surface area (Å²) in [7, 11) is 0. The van der Waals surface area contributed by atoms with Crippen molar-refractivity contribution in [2.24, 2.45) is 0 Å². The molecule has 1 atom stereocenters. The van der Waals surface area contributed by atoms with Gasteiger partial charge in [0, 0.05) is 18.7 Å². The number of hydrogen-bond acceptors (Lipinski definition) is 3. The third-order valence-electron chi connectivity index (χ3n) is 4.16. The molecule has 1 aliphatic rings. The third-order valence-corrected chi connectivity index (χ3v) is 4.16. The minimum atomic E-state index is 0. The molecule has 2 rings (SSSR count). The molecular weight excluding hydrogens is 345 g/mol. The Morgan fingerprint density at radius 3 is 2.88 bits per heavy atom. The van der Waals surface area contributed by atoms with Gasteiger partial charge in [-0.1, -0.05) is 12.1 Å². The molecule has 0 aliphatic carbocycles. The summed E-state index contributed by atoms with van der Waals surface area (Å²) in [4.78, 5) is 19.1. The van der Waals surface area contributed by atoms with Gasteiger partial charge in [0.15, 0.2) is 0 Å². The van der Waals surface area contributed by atoms with E-state index in [1.54, 1.807) is 6.20 Å². The Kier molecular flexibility index (Phi) is 12.6. The van der Waals surface area contributed by atoms with Crippen LogP contribution in [0.2, 0.25) is 0 Å². The minimum Gasteiger partial charge on any atom is -0.334 e. The summed E-state index contributed by atoms with van der Waals surface area (Å²) in [6, 6.07) is 6.22. The van der Waals surface area contributed by atoms with Crippen molar-refractivity contribution >= 4 is 30.7 Å². The van der Waals surface area contributed by atoms with Crippen molar-refractivity contribution in [2.45, 2.75) is 51.1 Å². The van der Waals surface area contributed by atoms with Gasteiger partial charge >= 0.3 is 0 Å². The fourth-order valence-corrected chi connectivity index (χ4v) is 2.94. The lowest BCUT2D eigenvalue weighted by atomic mass is 10.1. The lowest BCUT2D eigenvalue weighted by Gasteiger charge is -2.31. The van der Waals surface area contributed by atoms with Crippen molar-refractivity contribution in [2.75, 3.05) is 13.1 Å². The molecule has 1 amide bonds. The van der Waals surface area contributed by atoms with Gasteiger partial charge in [0.05, 0.1) is 12.2 Å². The third kappa shape index (κ3) is 7.65. The highest BCUT2D eigenvalue weighted by Crippen LogP contribution is 2.18. The first kappa shape index (κ1) is 22.9. The van der Waals surface area contributed by atoms with Crippen molar-refractivity contribution < 1.29 is 4.79 Å². The SMILES string of the molecule is C=CCCCC(=O)N(Cc1ccccn1)C1CCCNCC1.Cl.Cl. The molecule has 1 fully saturated rings. The van der Waals surface area contributed by atoms with E-state index < -0.39 is 0 Å². The second kappa shape index (κ2) is 13.2. The zero-order valence-electron chi connectivity index (χ0n) is 14.2. The Hall–Kier alpha value is -1.10. The van der Waals surface area contributed by atoms with Gasteiger partial charge < -0.3 is 10.2 Å². The van der Waals surface area contributed by atoms with Crippen molar-refractivity contribution in [3.8, 4) is 0 Å². The topological polar surface area (TPSA) is 45.2 Å². The number of allylic oxidation sites excluding steroid dienone is 1. The minimum absolute atomic E-state index is 0. The van der Waals surface area contributed by atoms with Crippen LogP contribution in [0.4, 0.5) is 0 Å². The standard InChI is InChI=1S/C18H27N3O.2ClH/c1-2-3-4-10-18(22)21(15-16-8-5-6-13-20-16)17-9-7-12-19-14-11-17;;/h2,5-6,8,13,17,19H,1,3-4,7,9-12,14-15H2;2*1H. The van der Waals surface area contributed by atoms with Crippen molar-refractivity contribution in [3.05, 3.63) is 42.7 Å². The van der Waals surface area contributed by atoms with Gasteiger partial charge in [0.25, 0.3) is 0 Å². The molecule has 1 saturated heterocycles. The number of nitrogens with one attached hydrogen (secondary N) is 1. The van der Waals surface area contributed by atoms with Crippen LogP contribution in [0.3, 0.4) is 0 Å². The number of pyridine rings is 1. The van der Waals surface area contributed by atoms with E-state index in [1.807, 2.05) is 24.3 Å². The molecule has 0 saturated carbocycles. The van der Waals surface area contributed by atoms with Crippen LogP contribution in [0.1, 0.15) is 44.2 Å². The largest absolute Gasteiger partial charge is 0.334 e. The molecule has 1 N–H and O–H groups in total. The van der Waals surface area contributed by atoms with Crippen LogP contribution in [-0.2, 0) is 11.3 Å². The van der Waals surface area contributed by atoms with Crippen LogP contribution in [0.15, 0.2) is 37.1 Å². The van der Waals surface area contributed by atoms with Crippen molar-refractivity contribution in [1.82, 2.24) is 15.2 Å². The Balaban J connectivity index is 0.00000264. The first-order valence-electron chi connectivity index (χ1n) is 8.32. The van der Waals surface area contributed by atoms with E-state index >= 15 is 0 Å². The molecule has 0 spiro atoms. The summed E-state index contributed by atoms with van der Waals surface area (Å²) in [6.07, 6.45) is 9.29. The molecule has 0 aromatic carbocycles. The van der Waals surface area contributed by atoms with E-state index in [4.69, 9.17) is 0 Å². The molecule has 1 aromatic heterocycles. The smallest absolute Gasteiger partial charge is 0.223 e. The highest BCUT2D eigenvalue weighted by Gasteiger charge is 2.24. The fourth-order valence-electron chi connectivity index (χ4n) is 2.94. The van der Waals surface area contributed by atoms with Gasteiger partial charge in [-0.3, -0.25) is 9.78 Å². The molecule has 6 heteroatoms. The van der Waals surface area contributed by atoms with E-state index in [2.05, 4.69) is 21.8 Å². The van der Waals surface area contributed by atoms with Gasteiger partial charge in [-0.05, 0) is 57.3 Å². The Morgan fingerprint density at radius 1 is 1.33 bits per heavy atom.